The lowest BCUT2D eigenvalue weighted by molar-refractivity contribution is 0.0970. The van der Waals surface area contributed by atoms with Crippen LogP contribution in [0, 0.1) is 5.41 Å². The van der Waals surface area contributed by atoms with Gasteiger partial charge >= 0.3 is 0 Å². The molecule has 1 aliphatic carbocycles. The van der Waals surface area contributed by atoms with Crippen LogP contribution in [0.4, 0.5) is 0 Å². The van der Waals surface area contributed by atoms with Gasteiger partial charge < -0.3 is 4.57 Å². The van der Waals surface area contributed by atoms with Crippen LogP contribution in [-0.2, 0) is 12.0 Å². The molecule has 0 N–H and O–H groups in total. The van der Waals surface area contributed by atoms with Gasteiger partial charge in [0.2, 0.25) is 0 Å². The third-order valence-corrected chi connectivity index (χ3v) is 3.72. The fraction of sp³-hybridized carbons (Fsp3) is 0.688. The molecule has 18 heavy (non-hydrogen) atoms. The van der Waals surface area contributed by atoms with Crippen molar-refractivity contribution in [2.45, 2.75) is 65.8 Å². The molecule has 0 bridgehead atoms. The van der Waals surface area contributed by atoms with Crippen molar-refractivity contribution in [2.75, 3.05) is 0 Å². The van der Waals surface area contributed by atoms with E-state index in [-0.39, 0.29) is 5.54 Å². The lowest BCUT2D eigenvalue weighted by Crippen LogP contribution is -2.33. The fourth-order valence-corrected chi connectivity index (χ4v) is 3.48. The van der Waals surface area contributed by atoms with Gasteiger partial charge in [-0.2, -0.15) is 0 Å². The maximum Gasteiger partial charge on any atom is 0.164 e. The highest BCUT2D eigenvalue weighted by atomic mass is 16.1. The third kappa shape index (κ3) is 2.52. The minimum Gasteiger partial charge on any atom is -0.345 e. The Balaban J connectivity index is 2.37. The number of rotatable bonds is 2. The highest BCUT2D eigenvalue weighted by Crippen LogP contribution is 2.35. The molecule has 0 aliphatic heterocycles. The molecule has 1 heterocycles. The number of fused-ring (bicyclic) bond motifs is 1. The maximum atomic E-state index is 11.9. The van der Waals surface area contributed by atoms with E-state index in [4.69, 9.17) is 0 Å². The first-order chi connectivity index (χ1) is 8.21. The van der Waals surface area contributed by atoms with Crippen LogP contribution < -0.4 is 0 Å². The topological polar surface area (TPSA) is 22.0 Å². The Kier molecular flexibility index (Phi) is 3.16. The summed E-state index contributed by atoms with van der Waals surface area (Å²) >= 11 is 0. The van der Waals surface area contributed by atoms with E-state index < -0.39 is 0 Å². The van der Waals surface area contributed by atoms with E-state index in [9.17, 15) is 4.79 Å². The highest BCUT2D eigenvalue weighted by Gasteiger charge is 2.31. The van der Waals surface area contributed by atoms with E-state index in [1.54, 1.807) is 0 Å². The summed E-state index contributed by atoms with van der Waals surface area (Å²) < 4.78 is 2.34. The predicted octanol–water partition coefficient (Wildman–Crippen LogP) is 4.18. The molecule has 0 amide bonds. The van der Waals surface area contributed by atoms with Crippen molar-refractivity contribution in [1.82, 2.24) is 4.57 Å². The molecule has 0 saturated carbocycles. The number of aromatic nitrogens is 1. The van der Waals surface area contributed by atoms with Crippen molar-refractivity contribution in [3.05, 3.63) is 23.5 Å². The second kappa shape index (κ2) is 4.25. The third-order valence-electron chi connectivity index (χ3n) is 3.72. The lowest BCUT2D eigenvalue weighted by Gasteiger charge is -2.36. The van der Waals surface area contributed by atoms with E-state index in [0.29, 0.717) is 11.2 Å². The van der Waals surface area contributed by atoms with Crippen LogP contribution in [0.2, 0.25) is 0 Å². The fourth-order valence-electron chi connectivity index (χ4n) is 3.48. The summed E-state index contributed by atoms with van der Waals surface area (Å²) in [7, 11) is 0. The predicted molar refractivity (Wildman–Crippen MR) is 75.1 cm³/mol. The number of carbonyl (C=O) groups is 1. The largest absolute Gasteiger partial charge is 0.345 e. The van der Waals surface area contributed by atoms with Gasteiger partial charge in [-0.25, -0.2) is 0 Å². The minimum absolute atomic E-state index is 0.0729. The van der Waals surface area contributed by atoms with Crippen molar-refractivity contribution in [1.29, 1.82) is 0 Å². The maximum absolute atomic E-state index is 11.9. The molecule has 1 aromatic rings. The van der Waals surface area contributed by atoms with Gasteiger partial charge in [0, 0.05) is 29.4 Å². The molecule has 1 aromatic heterocycles. The van der Waals surface area contributed by atoms with Crippen LogP contribution in [0.15, 0.2) is 12.3 Å². The van der Waals surface area contributed by atoms with Crippen LogP contribution in [0.1, 0.15) is 69.9 Å². The van der Waals surface area contributed by atoms with Gasteiger partial charge in [0.25, 0.3) is 0 Å². The summed E-state index contributed by atoms with van der Waals surface area (Å²) in [4.78, 5) is 11.9. The van der Waals surface area contributed by atoms with Gasteiger partial charge in [0.1, 0.15) is 0 Å². The summed E-state index contributed by atoms with van der Waals surface area (Å²) in [6.45, 7) is 11.4. The number of ketones is 1. The zero-order chi connectivity index (χ0) is 13.6. The molecule has 2 nitrogen and oxygen atoms in total. The second-order valence-electron chi connectivity index (χ2n) is 7.37. The van der Waals surface area contributed by atoms with Gasteiger partial charge in [-0.15, -0.1) is 0 Å². The smallest absolute Gasteiger partial charge is 0.164 e. The molecule has 0 atom stereocenters. The Hall–Kier alpha value is -1.05. The van der Waals surface area contributed by atoms with E-state index in [1.807, 2.05) is 6.07 Å². The molecule has 2 heteroatoms. The summed E-state index contributed by atoms with van der Waals surface area (Å²) in [5.74, 6) is 0.321. The van der Waals surface area contributed by atoms with Gasteiger partial charge in [-0.1, -0.05) is 20.8 Å². The molecular formula is C16H25NO. The van der Waals surface area contributed by atoms with Crippen molar-refractivity contribution in [3.63, 3.8) is 0 Å². The average molecular weight is 247 g/mol. The molecule has 0 saturated heterocycles. The summed E-state index contributed by atoms with van der Waals surface area (Å²) in [6.07, 6.45) is 5.98. The number of Topliss-reactive ketones (excluding diaryl/α,β-unsaturated/α-hetero) is 1. The Labute approximate surface area is 110 Å². The molecule has 0 aromatic carbocycles. The SMILES string of the molecule is CC(C)(C)CC(C)(C)n1ccc2c1CCCC2=O. The molecule has 2 rings (SSSR count). The van der Waals surface area contributed by atoms with Crippen molar-refractivity contribution < 1.29 is 4.79 Å². The quantitative estimate of drug-likeness (QED) is 0.768. The van der Waals surface area contributed by atoms with E-state index in [2.05, 4.69) is 45.4 Å². The average Bonchev–Trinajstić information content (AvgIpc) is 2.59. The molecule has 0 radical (unpaired) electrons. The van der Waals surface area contributed by atoms with Gasteiger partial charge in [0.15, 0.2) is 5.78 Å². The van der Waals surface area contributed by atoms with E-state index in [1.165, 1.54) is 5.69 Å². The van der Waals surface area contributed by atoms with Gasteiger partial charge in [0.05, 0.1) is 0 Å². The minimum atomic E-state index is 0.0729. The van der Waals surface area contributed by atoms with Crippen LogP contribution in [-0.4, -0.2) is 10.4 Å². The summed E-state index contributed by atoms with van der Waals surface area (Å²) in [5.41, 5.74) is 2.58. The number of hydrogen-bond donors (Lipinski definition) is 0. The normalized spacial score (nSPS) is 16.8. The first-order valence-electron chi connectivity index (χ1n) is 6.95. The second-order valence-corrected chi connectivity index (χ2v) is 7.37. The Bertz CT molecular complexity index is 460. The highest BCUT2D eigenvalue weighted by molar-refractivity contribution is 5.98. The Morgan fingerprint density at radius 3 is 2.44 bits per heavy atom. The van der Waals surface area contributed by atoms with Crippen molar-refractivity contribution in [2.24, 2.45) is 5.41 Å². The summed E-state index contributed by atoms with van der Waals surface area (Å²) in [5, 5.41) is 0. The zero-order valence-electron chi connectivity index (χ0n) is 12.3. The number of hydrogen-bond acceptors (Lipinski definition) is 1. The van der Waals surface area contributed by atoms with Crippen LogP contribution in [0.5, 0.6) is 0 Å². The summed E-state index contributed by atoms with van der Waals surface area (Å²) in [6, 6.07) is 2.02. The Morgan fingerprint density at radius 2 is 1.83 bits per heavy atom. The Morgan fingerprint density at radius 1 is 1.17 bits per heavy atom. The molecule has 0 fully saturated rings. The van der Waals surface area contributed by atoms with Gasteiger partial charge in [-0.3, -0.25) is 4.79 Å². The first kappa shape index (κ1) is 13.4. The monoisotopic (exact) mass is 247 g/mol. The molecule has 0 unspecified atom stereocenters. The zero-order valence-corrected chi connectivity index (χ0v) is 12.3. The van der Waals surface area contributed by atoms with E-state index >= 15 is 0 Å². The van der Waals surface area contributed by atoms with Crippen LogP contribution >= 0.6 is 0 Å². The van der Waals surface area contributed by atoms with Crippen molar-refractivity contribution >= 4 is 5.78 Å². The van der Waals surface area contributed by atoms with Gasteiger partial charge in [-0.05, 0) is 44.6 Å². The molecule has 0 spiro atoms. The standard InChI is InChI=1S/C16H25NO/c1-15(2,3)11-16(4,5)17-10-9-12-13(17)7-6-8-14(12)18/h9-10H,6-8,11H2,1-5H3. The molecule has 100 valence electrons. The molecule has 1 aliphatic rings. The number of carbonyl (C=O) groups excluding carboxylic acids is 1. The van der Waals surface area contributed by atoms with Crippen molar-refractivity contribution in [3.8, 4) is 0 Å². The molecular weight excluding hydrogens is 222 g/mol. The van der Waals surface area contributed by atoms with E-state index in [0.717, 1.165) is 31.2 Å². The number of nitrogens with zero attached hydrogens (tertiary/aromatic N) is 1. The van der Waals surface area contributed by atoms with Crippen LogP contribution in [0.25, 0.3) is 0 Å². The van der Waals surface area contributed by atoms with Crippen LogP contribution in [0.3, 0.4) is 0 Å². The first-order valence-corrected chi connectivity index (χ1v) is 6.95. The lowest BCUT2D eigenvalue weighted by atomic mass is 9.81.